The molecular formula is C12H16ClI. The summed E-state index contributed by atoms with van der Waals surface area (Å²) in [5.41, 5.74) is 1.39. The number of halogens is 2. The minimum Gasteiger partial charge on any atom is -0.123 e. The summed E-state index contributed by atoms with van der Waals surface area (Å²) >= 11 is 8.45. The van der Waals surface area contributed by atoms with Crippen molar-refractivity contribution in [2.45, 2.75) is 32.1 Å². The number of benzene rings is 1. The van der Waals surface area contributed by atoms with Gasteiger partial charge in [0.1, 0.15) is 0 Å². The zero-order valence-electron chi connectivity index (χ0n) is 8.63. The smallest absolute Gasteiger partial charge is 0.0339 e. The molecule has 0 N–H and O–H groups in total. The fraction of sp³-hybridized carbons (Fsp3) is 0.500. The van der Waals surface area contributed by atoms with Crippen LogP contribution in [-0.2, 0) is 6.42 Å². The minimum atomic E-state index is 0.263. The molecule has 14 heavy (non-hydrogen) atoms. The fourth-order valence-electron chi connectivity index (χ4n) is 1.55. The summed E-state index contributed by atoms with van der Waals surface area (Å²) in [4.78, 5) is 0. The average molecular weight is 323 g/mol. The van der Waals surface area contributed by atoms with Crippen LogP contribution in [0.15, 0.2) is 24.3 Å². The first kappa shape index (κ1) is 12.3. The molecule has 0 fully saturated rings. The third kappa shape index (κ3) is 3.77. The molecule has 0 aliphatic heterocycles. The molecule has 2 atom stereocenters. The number of rotatable bonds is 4. The highest BCUT2D eigenvalue weighted by Crippen LogP contribution is 2.20. The van der Waals surface area contributed by atoms with E-state index < -0.39 is 0 Å². The summed E-state index contributed by atoms with van der Waals surface area (Å²) in [5.74, 6) is 0.594. The normalized spacial score (nSPS) is 15.1. The van der Waals surface area contributed by atoms with Gasteiger partial charge in [0.2, 0.25) is 0 Å². The maximum Gasteiger partial charge on any atom is 0.0339 e. The minimum absolute atomic E-state index is 0.263. The van der Waals surface area contributed by atoms with Crippen LogP contribution in [0.1, 0.15) is 25.8 Å². The fourth-order valence-corrected chi connectivity index (χ4v) is 2.18. The predicted octanol–water partition coefficient (Wildman–Crippen LogP) is 4.49. The Hall–Kier alpha value is 0.240. The third-order valence-electron chi connectivity index (χ3n) is 2.59. The topological polar surface area (TPSA) is 0 Å². The molecule has 0 aromatic heterocycles. The van der Waals surface area contributed by atoms with E-state index in [1.807, 2.05) is 0 Å². The molecule has 0 nitrogen and oxygen atoms in total. The number of hydrogen-bond acceptors (Lipinski definition) is 0. The molecule has 1 aromatic rings. The van der Waals surface area contributed by atoms with Gasteiger partial charge in [-0.3, -0.25) is 0 Å². The van der Waals surface area contributed by atoms with Crippen LogP contribution in [0.25, 0.3) is 0 Å². The summed E-state index contributed by atoms with van der Waals surface area (Å²) in [5, 5.41) is 0.263. The molecule has 2 unspecified atom stereocenters. The molecule has 0 aliphatic carbocycles. The monoisotopic (exact) mass is 322 g/mol. The van der Waals surface area contributed by atoms with Crippen molar-refractivity contribution in [3.8, 4) is 0 Å². The van der Waals surface area contributed by atoms with Gasteiger partial charge < -0.3 is 0 Å². The third-order valence-corrected chi connectivity index (χ3v) is 3.66. The Morgan fingerprint density at radius 3 is 2.29 bits per heavy atom. The van der Waals surface area contributed by atoms with Crippen molar-refractivity contribution in [3.05, 3.63) is 33.4 Å². The summed E-state index contributed by atoms with van der Waals surface area (Å²) < 4.78 is 1.29. The molecule has 0 saturated heterocycles. The van der Waals surface area contributed by atoms with E-state index in [9.17, 15) is 0 Å². The zero-order chi connectivity index (χ0) is 10.6. The molecular weight excluding hydrogens is 306 g/mol. The van der Waals surface area contributed by atoms with Crippen molar-refractivity contribution in [2.75, 3.05) is 0 Å². The summed E-state index contributed by atoms with van der Waals surface area (Å²) in [7, 11) is 0. The molecule has 0 heterocycles. The number of hydrogen-bond donors (Lipinski definition) is 0. The van der Waals surface area contributed by atoms with Crippen molar-refractivity contribution < 1.29 is 0 Å². The number of alkyl halides is 1. The van der Waals surface area contributed by atoms with E-state index in [4.69, 9.17) is 11.6 Å². The van der Waals surface area contributed by atoms with Crippen LogP contribution in [0.2, 0.25) is 0 Å². The molecule has 0 aliphatic rings. The molecule has 0 amide bonds. The van der Waals surface area contributed by atoms with Gasteiger partial charge in [-0.1, -0.05) is 25.5 Å². The Balaban J connectivity index is 2.63. The van der Waals surface area contributed by atoms with Crippen LogP contribution in [0.4, 0.5) is 0 Å². The van der Waals surface area contributed by atoms with Gasteiger partial charge in [-0.15, -0.1) is 11.6 Å². The summed E-state index contributed by atoms with van der Waals surface area (Å²) in [6.45, 7) is 4.29. The van der Waals surface area contributed by atoms with Crippen LogP contribution in [0, 0.1) is 9.49 Å². The van der Waals surface area contributed by atoms with E-state index in [0.29, 0.717) is 5.92 Å². The Morgan fingerprint density at radius 2 is 1.86 bits per heavy atom. The second kappa shape index (κ2) is 5.96. The lowest BCUT2D eigenvalue weighted by Gasteiger charge is -2.17. The first-order chi connectivity index (χ1) is 6.63. The van der Waals surface area contributed by atoms with Crippen molar-refractivity contribution >= 4 is 34.2 Å². The molecule has 2 heteroatoms. The van der Waals surface area contributed by atoms with E-state index in [2.05, 4.69) is 60.7 Å². The summed E-state index contributed by atoms with van der Waals surface area (Å²) in [6.07, 6.45) is 2.24. The quantitative estimate of drug-likeness (QED) is 0.566. The van der Waals surface area contributed by atoms with Gasteiger partial charge >= 0.3 is 0 Å². The largest absolute Gasteiger partial charge is 0.123 e. The van der Waals surface area contributed by atoms with Gasteiger partial charge in [-0.05, 0) is 59.5 Å². The molecule has 1 aromatic carbocycles. The Kier molecular flexibility index (Phi) is 5.24. The first-order valence-corrected chi connectivity index (χ1v) is 6.53. The van der Waals surface area contributed by atoms with E-state index >= 15 is 0 Å². The second-order valence-electron chi connectivity index (χ2n) is 3.68. The molecule has 0 radical (unpaired) electrons. The maximum atomic E-state index is 6.12. The molecule has 0 saturated carbocycles. The van der Waals surface area contributed by atoms with Crippen molar-refractivity contribution in [1.82, 2.24) is 0 Å². The zero-order valence-corrected chi connectivity index (χ0v) is 11.5. The highest BCUT2D eigenvalue weighted by molar-refractivity contribution is 14.1. The standard InChI is InChI=1S/C12H16ClI/c1-3-11(9(2)13)8-10-4-6-12(14)7-5-10/h4-7,9,11H,3,8H2,1-2H3. The predicted molar refractivity (Wildman–Crippen MR) is 72.0 cm³/mol. The van der Waals surface area contributed by atoms with Gasteiger partial charge in [0, 0.05) is 8.95 Å². The van der Waals surface area contributed by atoms with Crippen LogP contribution in [0.3, 0.4) is 0 Å². The van der Waals surface area contributed by atoms with E-state index in [1.165, 1.54) is 9.13 Å². The van der Waals surface area contributed by atoms with Crippen molar-refractivity contribution in [3.63, 3.8) is 0 Å². The average Bonchev–Trinajstić information content (AvgIpc) is 2.16. The van der Waals surface area contributed by atoms with Crippen LogP contribution in [-0.4, -0.2) is 5.38 Å². The highest BCUT2D eigenvalue weighted by atomic mass is 127. The first-order valence-electron chi connectivity index (χ1n) is 5.02. The van der Waals surface area contributed by atoms with E-state index in [-0.39, 0.29) is 5.38 Å². The molecule has 1 rings (SSSR count). The molecule has 0 spiro atoms. The van der Waals surface area contributed by atoms with Crippen LogP contribution >= 0.6 is 34.2 Å². The van der Waals surface area contributed by atoms with Crippen LogP contribution in [0.5, 0.6) is 0 Å². The van der Waals surface area contributed by atoms with Crippen LogP contribution < -0.4 is 0 Å². The summed E-state index contributed by atoms with van der Waals surface area (Å²) in [6, 6.07) is 8.70. The Labute approximate surface area is 105 Å². The van der Waals surface area contributed by atoms with Crippen molar-refractivity contribution in [2.24, 2.45) is 5.92 Å². The Bertz CT molecular complexity index is 266. The molecule has 78 valence electrons. The van der Waals surface area contributed by atoms with Gasteiger partial charge in [-0.2, -0.15) is 0 Å². The second-order valence-corrected chi connectivity index (χ2v) is 5.61. The van der Waals surface area contributed by atoms with Gasteiger partial charge in [0.05, 0.1) is 0 Å². The van der Waals surface area contributed by atoms with Crippen molar-refractivity contribution in [1.29, 1.82) is 0 Å². The Morgan fingerprint density at radius 1 is 1.29 bits per heavy atom. The van der Waals surface area contributed by atoms with Gasteiger partial charge in [0.25, 0.3) is 0 Å². The molecule has 0 bridgehead atoms. The lowest BCUT2D eigenvalue weighted by atomic mass is 9.94. The lowest BCUT2D eigenvalue weighted by molar-refractivity contribution is 0.497. The highest BCUT2D eigenvalue weighted by Gasteiger charge is 2.13. The van der Waals surface area contributed by atoms with E-state index in [0.717, 1.165) is 12.8 Å². The van der Waals surface area contributed by atoms with E-state index in [1.54, 1.807) is 0 Å². The lowest BCUT2D eigenvalue weighted by Crippen LogP contribution is -2.13. The van der Waals surface area contributed by atoms with Gasteiger partial charge in [-0.25, -0.2) is 0 Å². The maximum absolute atomic E-state index is 6.12. The van der Waals surface area contributed by atoms with Gasteiger partial charge in [0.15, 0.2) is 0 Å². The SMILES string of the molecule is CCC(Cc1ccc(I)cc1)C(C)Cl.